The van der Waals surface area contributed by atoms with Gasteiger partial charge in [-0.3, -0.25) is 0 Å². The van der Waals surface area contributed by atoms with E-state index in [0.29, 0.717) is 17.5 Å². The van der Waals surface area contributed by atoms with Gasteiger partial charge in [-0.1, -0.05) is 97.1 Å². The minimum atomic E-state index is 0.674. The Bertz CT molecular complexity index is 2140. The molecule has 5 aromatic carbocycles. The molecular weight excluding hydrogens is 527 g/mol. The normalized spacial score (nSPS) is 11.5. The lowest BCUT2D eigenvalue weighted by atomic mass is 10.0. The molecule has 0 spiro atoms. The monoisotopic (exact) mass is 547 g/mol. The molecule has 3 heterocycles. The fourth-order valence-electron chi connectivity index (χ4n) is 5.22. The zero-order valence-electron chi connectivity index (χ0n) is 21.3. The van der Waals surface area contributed by atoms with Gasteiger partial charge in [-0.25, -0.2) is 15.0 Å². The van der Waals surface area contributed by atoms with Crippen molar-refractivity contribution in [1.29, 1.82) is 0 Å². The van der Waals surface area contributed by atoms with Crippen molar-refractivity contribution in [2.24, 2.45) is 0 Å². The van der Waals surface area contributed by atoms with Crippen molar-refractivity contribution in [3.8, 4) is 44.6 Å². The van der Waals surface area contributed by atoms with E-state index in [2.05, 4.69) is 121 Å². The number of hydrogen-bond donors (Lipinski definition) is 0. The van der Waals surface area contributed by atoms with E-state index < -0.39 is 0 Å². The van der Waals surface area contributed by atoms with E-state index in [1.165, 1.54) is 35.8 Å². The van der Waals surface area contributed by atoms with Gasteiger partial charge in [0.2, 0.25) is 0 Å². The second-order valence-electron chi connectivity index (χ2n) is 9.68. The van der Waals surface area contributed by atoms with Crippen LogP contribution in [-0.4, -0.2) is 15.0 Å². The number of hydrogen-bond acceptors (Lipinski definition) is 5. The van der Waals surface area contributed by atoms with Gasteiger partial charge < -0.3 is 0 Å². The van der Waals surface area contributed by atoms with Crippen LogP contribution in [0.15, 0.2) is 127 Å². The Morgan fingerprint density at radius 3 is 2.00 bits per heavy atom. The molecule has 5 heteroatoms. The first-order valence-corrected chi connectivity index (χ1v) is 14.7. The van der Waals surface area contributed by atoms with Gasteiger partial charge in [0, 0.05) is 36.0 Å². The number of thiophene rings is 2. The van der Waals surface area contributed by atoms with Crippen molar-refractivity contribution in [2.75, 3.05) is 0 Å². The average Bonchev–Trinajstić information content (AvgIpc) is 3.63. The van der Waals surface area contributed by atoms with E-state index in [1.807, 2.05) is 6.07 Å². The zero-order valence-corrected chi connectivity index (χ0v) is 22.9. The van der Waals surface area contributed by atoms with Crippen LogP contribution in [0.1, 0.15) is 0 Å². The minimum absolute atomic E-state index is 0.674. The van der Waals surface area contributed by atoms with Crippen molar-refractivity contribution in [3.05, 3.63) is 127 Å². The Balaban J connectivity index is 1.36. The summed E-state index contributed by atoms with van der Waals surface area (Å²) >= 11 is 3.51. The molecule has 0 aliphatic heterocycles. The van der Waals surface area contributed by atoms with E-state index >= 15 is 0 Å². The molecule has 0 bridgehead atoms. The maximum atomic E-state index is 5.10. The number of rotatable bonds is 4. The van der Waals surface area contributed by atoms with Crippen LogP contribution >= 0.6 is 22.7 Å². The van der Waals surface area contributed by atoms with E-state index in [1.54, 1.807) is 22.7 Å². The highest BCUT2D eigenvalue weighted by molar-refractivity contribution is 7.26. The first-order chi connectivity index (χ1) is 19.8. The molecule has 3 nitrogen and oxygen atoms in total. The molecule has 8 aromatic rings. The van der Waals surface area contributed by atoms with Gasteiger partial charge in [0.1, 0.15) is 0 Å². The summed E-state index contributed by atoms with van der Waals surface area (Å²) in [7, 11) is 0. The van der Waals surface area contributed by atoms with Gasteiger partial charge in [-0.2, -0.15) is 0 Å². The van der Waals surface area contributed by atoms with Crippen LogP contribution in [0.4, 0.5) is 0 Å². The first kappa shape index (κ1) is 23.2. The lowest BCUT2D eigenvalue weighted by Gasteiger charge is -2.09. The highest BCUT2D eigenvalue weighted by Gasteiger charge is 2.17. The Morgan fingerprint density at radius 2 is 1.10 bits per heavy atom. The average molecular weight is 548 g/mol. The molecule has 0 fully saturated rings. The molecule has 0 N–H and O–H groups in total. The molecule has 0 radical (unpaired) electrons. The van der Waals surface area contributed by atoms with Gasteiger partial charge in [0.05, 0.1) is 4.88 Å². The van der Waals surface area contributed by atoms with E-state index in [9.17, 15) is 0 Å². The predicted octanol–water partition coefficient (Wildman–Crippen LogP) is 10.1. The number of nitrogens with zero attached hydrogens (tertiary/aromatic N) is 3. The molecule has 3 aromatic heterocycles. The summed E-state index contributed by atoms with van der Waals surface area (Å²) in [5, 5.41) is 3.69. The van der Waals surface area contributed by atoms with E-state index in [0.717, 1.165) is 21.6 Å². The Hall–Kier alpha value is -4.71. The van der Waals surface area contributed by atoms with Crippen molar-refractivity contribution in [3.63, 3.8) is 0 Å². The van der Waals surface area contributed by atoms with Crippen LogP contribution < -0.4 is 0 Å². The van der Waals surface area contributed by atoms with Crippen LogP contribution in [-0.2, 0) is 0 Å². The molecule has 8 rings (SSSR count). The number of fused-ring (bicyclic) bond motifs is 4. The van der Waals surface area contributed by atoms with Gasteiger partial charge in [0.25, 0.3) is 0 Å². The third-order valence-corrected chi connectivity index (χ3v) is 9.49. The van der Waals surface area contributed by atoms with Gasteiger partial charge in [0.15, 0.2) is 17.5 Å². The maximum absolute atomic E-state index is 5.10. The van der Waals surface area contributed by atoms with Crippen LogP contribution in [0.25, 0.3) is 74.9 Å². The third kappa shape index (κ3) is 3.99. The lowest BCUT2D eigenvalue weighted by Crippen LogP contribution is -1.99. The molecule has 0 saturated heterocycles. The summed E-state index contributed by atoms with van der Waals surface area (Å²) in [6.45, 7) is 0. The van der Waals surface area contributed by atoms with Crippen molar-refractivity contribution in [2.45, 2.75) is 0 Å². The second-order valence-corrected chi connectivity index (χ2v) is 11.8. The standard InChI is InChI=1S/C35H21N3S2/c1-2-10-22(11-3-1)23-13-8-14-25(20-23)33-36-34(38-35(37-33)31-21-24-12-4-6-18-29(24)39-31)28-17-9-16-27-26-15-5-7-19-30(26)40-32(27)28/h1-21H. The fraction of sp³-hybridized carbons (Fsp3) is 0. The predicted molar refractivity (Wildman–Crippen MR) is 170 cm³/mol. The minimum Gasteiger partial charge on any atom is -0.208 e. The van der Waals surface area contributed by atoms with Gasteiger partial charge in [-0.15, -0.1) is 22.7 Å². The number of aromatic nitrogens is 3. The zero-order chi connectivity index (χ0) is 26.5. The largest absolute Gasteiger partial charge is 0.208 e. The van der Waals surface area contributed by atoms with E-state index in [-0.39, 0.29) is 0 Å². The third-order valence-electron chi connectivity index (χ3n) is 7.15. The Morgan fingerprint density at radius 1 is 0.425 bits per heavy atom. The molecular formula is C35H21N3S2. The fourth-order valence-corrected chi connectivity index (χ4v) is 7.43. The van der Waals surface area contributed by atoms with Crippen LogP contribution in [0.2, 0.25) is 0 Å². The van der Waals surface area contributed by atoms with Crippen molar-refractivity contribution < 1.29 is 0 Å². The summed E-state index contributed by atoms with van der Waals surface area (Å²) in [6.07, 6.45) is 0. The molecule has 0 aliphatic rings. The quantitative estimate of drug-likeness (QED) is 0.220. The smallest absolute Gasteiger partial charge is 0.174 e. The van der Waals surface area contributed by atoms with Crippen LogP contribution in [0.5, 0.6) is 0 Å². The highest BCUT2D eigenvalue weighted by atomic mass is 32.1. The molecule has 188 valence electrons. The molecule has 0 aliphatic carbocycles. The molecule has 0 unspecified atom stereocenters. The second kappa shape index (κ2) is 9.49. The van der Waals surface area contributed by atoms with Gasteiger partial charge >= 0.3 is 0 Å². The summed E-state index contributed by atoms with van der Waals surface area (Å²) in [5.74, 6) is 2.07. The van der Waals surface area contributed by atoms with Crippen molar-refractivity contribution in [1.82, 2.24) is 15.0 Å². The number of benzene rings is 5. The topological polar surface area (TPSA) is 38.7 Å². The first-order valence-electron chi connectivity index (χ1n) is 13.1. The molecule has 0 atom stereocenters. The highest BCUT2D eigenvalue weighted by Crippen LogP contribution is 2.40. The summed E-state index contributed by atoms with van der Waals surface area (Å²) in [6, 6.07) is 44.5. The summed E-state index contributed by atoms with van der Waals surface area (Å²) < 4.78 is 3.68. The molecule has 0 saturated carbocycles. The Labute approximate surface area is 239 Å². The van der Waals surface area contributed by atoms with E-state index in [4.69, 9.17) is 15.0 Å². The maximum Gasteiger partial charge on any atom is 0.174 e. The SMILES string of the molecule is c1ccc(-c2cccc(-c3nc(-c4cc5ccccc5s4)nc(-c4cccc5c4sc4ccccc45)n3)c2)cc1. The van der Waals surface area contributed by atoms with Crippen LogP contribution in [0, 0.1) is 0 Å². The summed E-state index contributed by atoms with van der Waals surface area (Å²) in [5.41, 5.74) is 4.30. The van der Waals surface area contributed by atoms with Gasteiger partial charge in [-0.05, 0) is 46.8 Å². The van der Waals surface area contributed by atoms with Crippen molar-refractivity contribution >= 4 is 52.9 Å². The lowest BCUT2D eigenvalue weighted by molar-refractivity contribution is 1.08. The molecule has 40 heavy (non-hydrogen) atoms. The Kier molecular flexibility index (Phi) is 5.50. The summed E-state index contributed by atoms with van der Waals surface area (Å²) in [4.78, 5) is 16.3. The van der Waals surface area contributed by atoms with Crippen LogP contribution in [0.3, 0.4) is 0 Å². The molecule has 0 amide bonds.